The number of piperazine rings is 1. The van der Waals surface area contributed by atoms with Crippen molar-refractivity contribution in [3.8, 4) is 0 Å². The monoisotopic (exact) mass is 473 g/mol. The van der Waals surface area contributed by atoms with Gasteiger partial charge in [0.15, 0.2) is 0 Å². The molecule has 0 atom stereocenters. The average molecular weight is 474 g/mol. The fourth-order valence-corrected chi connectivity index (χ4v) is 6.47. The number of nitrogens with zero attached hydrogens (tertiary/aromatic N) is 3. The summed E-state index contributed by atoms with van der Waals surface area (Å²) in [6.07, 6.45) is 7.38. The second-order valence-electron chi connectivity index (χ2n) is 8.40. The van der Waals surface area contributed by atoms with Crippen LogP contribution in [0.4, 0.5) is 0 Å². The van der Waals surface area contributed by atoms with E-state index in [-0.39, 0.29) is 5.91 Å². The average Bonchev–Trinajstić information content (AvgIpc) is 3.16. The first kappa shape index (κ1) is 23.2. The van der Waals surface area contributed by atoms with Crippen molar-refractivity contribution in [2.24, 2.45) is 0 Å². The molecular weight excluding hydrogens is 442 g/mol. The number of benzene rings is 1. The highest BCUT2D eigenvalue weighted by atomic mass is 32.2. The zero-order valence-corrected chi connectivity index (χ0v) is 20.0. The quantitative estimate of drug-likeness (QED) is 0.601. The summed E-state index contributed by atoms with van der Waals surface area (Å²) in [6.45, 7) is 5.34. The molecule has 0 unspecified atom stereocenters. The van der Waals surface area contributed by atoms with Crippen molar-refractivity contribution in [2.75, 3.05) is 39.3 Å². The fourth-order valence-electron chi connectivity index (χ4n) is 4.20. The van der Waals surface area contributed by atoms with Crippen LogP contribution >= 0.6 is 11.3 Å². The summed E-state index contributed by atoms with van der Waals surface area (Å²) in [5.74, 6) is 0.00189. The molecule has 172 valence electrons. The van der Waals surface area contributed by atoms with Gasteiger partial charge in [-0.3, -0.25) is 9.69 Å². The smallest absolute Gasteiger partial charge is 0.246 e. The largest absolute Gasteiger partial charge is 0.337 e. The first-order valence-electron chi connectivity index (χ1n) is 11.3. The molecular formula is C24H31N3O3S2. The molecule has 0 bridgehead atoms. The number of amides is 1. The summed E-state index contributed by atoms with van der Waals surface area (Å²) in [5.41, 5.74) is 0.824. The summed E-state index contributed by atoms with van der Waals surface area (Å²) in [4.78, 5) is 18.5. The Morgan fingerprint density at radius 1 is 0.906 bits per heavy atom. The zero-order valence-electron chi connectivity index (χ0n) is 18.4. The summed E-state index contributed by atoms with van der Waals surface area (Å²) in [7, 11) is -3.44. The molecule has 0 radical (unpaired) electrons. The van der Waals surface area contributed by atoms with Crippen LogP contribution in [-0.2, 0) is 21.4 Å². The minimum Gasteiger partial charge on any atom is -0.337 e. The molecule has 3 heterocycles. The molecule has 1 aromatic carbocycles. The summed E-state index contributed by atoms with van der Waals surface area (Å²) >= 11 is 1.77. The molecule has 2 saturated heterocycles. The Morgan fingerprint density at radius 3 is 2.22 bits per heavy atom. The third-order valence-electron chi connectivity index (χ3n) is 6.14. The van der Waals surface area contributed by atoms with Crippen LogP contribution in [0, 0.1) is 0 Å². The lowest BCUT2D eigenvalue weighted by Crippen LogP contribution is -2.47. The maximum atomic E-state index is 12.9. The molecule has 6 nitrogen and oxygen atoms in total. The van der Waals surface area contributed by atoms with Gasteiger partial charge in [-0.05, 0) is 48.1 Å². The molecule has 0 saturated carbocycles. The Hall–Kier alpha value is -2.00. The van der Waals surface area contributed by atoms with Crippen LogP contribution < -0.4 is 0 Å². The van der Waals surface area contributed by atoms with Crippen LogP contribution in [0.3, 0.4) is 0 Å². The van der Waals surface area contributed by atoms with Gasteiger partial charge in [-0.25, -0.2) is 8.42 Å². The second-order valence-corrected chi connectivity index (χ2v) is 11.4. The zero-order chi connectivity index (χ0) is 22.4. The van der Waals surface area contributed by atoms with E-state index in [4.69, 9.17) is 0 Å². The van der Waals surface area contributed by atoms with Gasteiger partial charge in [0.1, 0.15) is 0 Å². The molecule has 0 aliphatic carbocycles. The van der Waals surface area contributed by atoms with Crippen LogP contribution in [0.5, 0.6) is 0 Å². The molecule has 2 aromatic rings. The van der Waals surface area contributed by atoms with Crippen molar-refractivity contribution in [1.82, 2.24) is 14.1 Å². The lowest BCUT2D eigenvalue weighted by molar-refractivity contribution is -0.127. The molecule has 0 spiro atoms. The van der Waals surface area contributed by atoms with Crippen molar-refractivity contribution in [1.29, 1.82) is 0 Å². The van der Waals surface area contributed by atoms with E-state index in [2.05, 4.69) is 22.4 Å². The van der Waals surface area contributed by atoms with E-state index in [9.17, 15) is 13.2 Å². The van der Waals surface area contributed by atoms with E-state index in [1.54, 1.807) is 52.1 Å². The normalized spacial score (nSPS) is 19.3. The summed E-state index contributed by atoms with van der Waals surface area (Å²) < 4.78 is 27.4. The van der Waals surface area contributed by atoms with E-state index in [0.29, 0.717) is 18.0 Å². The molecule has 2 fully saturated rings. The van der Waals surface area contributed by atoms with E-state index < -0.39 is 10.0 Å². The third-order valence-corrected chi connectivity index (χ3v) is 8.92. The van der Waals surface area contributed by atoms with Gasteiger partial charge in [0, 0.05) is 56.8 Å². The molecule has 8 heteroatoms. The first-order valence-corrected chi connectivity index (χ1v) is 13.7. The molecule has 4 rings (SSSR count). The van der Waals surface area contributed by atoms with E-state index in [1.807, 2.05) is 4.90 Å². The predicted octanol–water partition coefficient (Wildman–Crippen LogP) is 3.67. The highest BCUT2D eigenvalue weighted by Gasteiger charge is 2.25. The Kier molecular flexibility index (Phi) is 7.78. The molecule has 32 heavy (non-hydrogen) atoms. The Morgan fingerprint density at radius 2 is 1.59 bits per heavy atom. The van der Waals surface area contributed by atoms with Crippen LogP contribution in [0.2, 0.25) is 0 Å². The highest BCUT2D eigenvalue weighted by Crippen LogP contribution is 2.21. The number of thiophene rings is 1. The molecule has 2 aliphatic rings. The topological polar surface area (TPSA) is 60.9 Å². The summed E-state index contributed by atoms with van der Waals surface area (Å²) in [6, 6.07) is 11.1. The van der Waals surface area contributed by atoms with E-state index >= 15 is 0 Å². The molecule has 1 aromatic heterocycles. The van der Waals surface area contributed by atoms with Crippen LogP contribution in [0.1, 0.15) is 36.1 Å². The van der Waals surface area contributed by atoms with Crippen LogP contribution in [-0.4, -0.2) is 67.7 Å². The number of carbonyl (C=O) groups excluding carboxylic acids is 1. The lowest BCUT2D eigenvalue weighted by atomic mass is 10.2. The van der Waals surface area contributed by atoms with Gasteiger partial charge >= 0.3 is 0 Å². The maximum absolute atomic E-state index is 12.9. The number of carbonyl (C=O) groups is 1. The highest BCUT2D eigenvalue weighted by molar-refractivity contribution is 7.89. The SMILES string of the molecule is O=C(C=Cc1ccc(S(=O)(=O)N2CCCCCC2)cc1)N1CCN(Cc2cccs2)CC1. The number of sulfonamides is 1. The second kappa shape index (κ2) is 10.7. The first-order chi connectivity index (χ1) is 15.5. The predicted molar refractivity (Wildman–Crippen MR) is 129 cm³/mol. The van der Waals surface area contributed by atoms with Crippen LogP contribution in [0.25, 0.3) is 6.08 Å². The minimum atomic E-state index is -3.44. The van der Waals surface area contributed by atoms with Crippen molar-refractivity contribution >= 4 is 33.3 Å². The molecule has 2 aliphatic heterocycles. The standard InChI is InChI=1S/C24H31N3O3S2/c28-24(26-17-15-25(16-18-26)20-22-6-5-19-31-22)12-9-21-7-10-23(11-8-21)32(29,30)27-13-3-1-2-4-14-27/h5-12,19H,1-4,13-18,20H2. The van der Waals surface area contributed by atoms with Gasteiger partial charge in [-0.2, -0.15) is 4.31 Å². The van der Waals surface area contributed by atoms with Crippen molar-refractivity contribution in [3.05, 3.63) is 58.3 Å². The van der Waals surface area contributed by atoms with E-state index in [0.717, 1.165) is 64.0 Å². The van der Waals surface area contributed by atoms with Crippen molar-refractivity contribution < 1.29 is 13.2 Å². The third kappa shape index (κ3) is 5.86. The number of rotatable bonds is 6. The lowest BCUT2D eigenvalue weighted by Gasteiger charge is -2.33. The van der Waals surface area contributed by atoms with Gasteiger partial charge in [0.05, 0.1) is 4.90 Å². The Labute approximate surface area is 195 Å². The van der Waals surface area contributed by atoms with Crippen molar-refractivity contribution in [3.63, 3.8) is 0 Å². The minimum absolute atomic E-state index is 0.00189. The Balaban J connectivity index is 1.30. The van der Waals surface area contributed by atoms with Gasteiger partial charge in [-0.15, -0.1) is 11.3 Å². The van der Waals surface area contributed by atoms with Crippen LogP contribution in [0.15, 0.2) is 52.7 Å². The van der Waals surface area contributed by atoms with Gasteiger partial charge in [-0.1, -0.05) is 31.0 Å². The van der Waals surface area contributed by atoms with Gasteiger partial charge in [0.2, 0.25) is 15.9 Å². The molecule has 0 N–H and O–H groups in total. The van der Waals surface area contributed by atoms with E-state index in [1.165, 1.54) is 4.88 Å². The number of hydrogen-bond acceptors (Lipinski definition) is 5. The summed E-state index contributed by atoms with van der Waals surface area (Å²) in [5, 5.41) is 2.09. The van der Waals surface area contributed by atoms with Crippen molar-refractivity contribution in [2.45, 2.75) is 37.1 Å². The fraction of sp³-hybridized carbons (Fsp3) is 0.458. The number of hydrogen-bond donors (Lipinski definition) is 0. The Bertz CT molecular complexity index is 1000. The van der Waals surface area contributed by atoms with Gasteiger partial charge < -0.3 is 4.90 Å². The maximum Gasteiger partial charge on any atom is 0.246 e. The van der Waals surface area contributed by atoms with Gasteiger partial charge in [0.25, 0.3) is 0 Å². The molecule has 1 amide bonds.